The van der Waals surface area contributed by atoms with Crippen molar-refractivity contribution in [2.24, 2.45) is 22.2 Å². The number of aromatic nitrogens is 1. The summed E-state index contributed by atoms with van der Waals surface area (Å²) in [5.41, 5.74) is 17.6. The van der Waals surface area contributed by atoms with Gasteiger partial charge in [0.1, 0.15) is 12.1 Å². The summed E-state index contributed by atoms with van der Waals surface area (Å²) in [6.07, 6.45) is 1.38. The molecular weight excluding hydrogens is 500 g/mol. The molecule has 0 aliphatic heterocycles. The highest BCUT2D eigenvalue weighted by atomic mass is 16.4. The Labute approximate surface area is 217 Å². The molecule has 206 valence electrons. The van der Waals surface area contributed by atoms with Crippen LogP contribution in [0.3, 0.4) is 0 Å². The van der Waals surface area contributed by atoms with Gasteiger partial charge in [-0.25, -0.2) is 4.79 Å². The number of fused-ring (bicyclic) bond motifs is 1. The Morgan fingerprint density at radius 3 is 2.37 bits per heavy atom. The highest BCUT2D eigenvalue weighted by Crippen LogP contribution is 2.19. The zero-order valence-corrected chi connectivity index (χ0v) is 20.5. The number of nitrogens with zero attached hydrogens (tertiary/aromatic N) is 1. The van der Waals surface area contributed by atoms with E-state index in [9.17, 15) is 34.2 Å². The highest BCUT2D eigenvalue weighted by molar-refractivity contribution is 5.94. The van der Waals surface area contributed by atoms with Crippen LogP contribution in [0.5, 0.6) is 0 Å². The SMILES string of the molecule is NC(N)=NCCC[C@H](N)C(=O)NCC(=O)N[C@H](CC(=O)O)C(=O)N[C@H](Cc1c[nH]c2ccccc12)C(=O)O. The van der Waals surface area contributed by atoms with Crippen LogP contribution in [-0.4, -0.2) is 82.0 Å². The first-order valence-corrected chi connectivity index (χ1v) is 11.7. The lowest BCUT2D eigenvalue weighted by Crippen LogP contribution is -2.54. The molecule has 0 spiro atoms. The van der Waals surface area contributed by atoms with E-state index in [2.05, 4.69) is 25.9 Å². The number of carbonyl (C=O) groups excluding carboxylic acids is 3. The average Bonchev–Trinajstić information content (AvgIpc) is 3.26. The molecular formula is C23H32N8O7. The number of carboxylic acid groups (broad SMARTS) is 2. The van der Waals surface area contributed by atoms with E-state index in [1.165, 1.54) is 0 Å². The molecule has 0 saturated carbocycles. The van der Waals surface area contributed by atoms with E-state index in [1.807, 2.05) is 12.1 Å². The van der Waals surface area contributed by atoms with E-state index in [0.29, 0.717) is 12.0 Å². The first kappa shape index (κ1) is 29.6. The molecule has 0 bridgehead atoms. The maximum Gasteiger partial charge on any atom is 0.326 e. The topological polar surface area (TPSA) is 268 Å². The number of nitrogens with two attached hydrogens (primary N) is 3. The van der Waals surface area contributed by atoms with Crippen LogP contribution in [0.1, 0.15) is 24.8 Å². The Kier molecular flexibility index (Phi) is 11.0. The van der Waals surface area contributed by atoms with Gasteiger partial charge in [0.15, 0.2) is 5.96 Å². The van der Waals surface area contributed by atoms with Gasteiger partial charge < -0.3 is 48.3 Å². The number of rotatable bonds is 15. The highest BCUT2D eigenvalue weighted by Gasteiger charge is 2.29. The fourth-order valence-electron chi connectivity index (χ4n) is 3.57. The van der Waals surface area contributed by atoms with Crippen LogP contribution >= 0.6 is 0 Å². The summed E-state index contributed by atoms with van der Waals surface area (Å²) in [6, 6.07) is 3.26. The van der Waals surface area contributed by atoms with Crippen LogP contribution in [0.2, 0.25) is 0 Å². The van der Waals surface area contributed by atoms with E-state index < -0.39 is 60.8 Å². The van der Waals surface area contributed by atoms with Crippen molar-refractivity contribution >= 4 is 46.5 Å². The molecule has 2 aromatic rings. The molecule has 3 amide bonds. The number of hydrogen-bond donors (Lipinski definition) is 9. The van der Waals surface area contributed by atoms with E-state index in [4.69, 9.17) is 17.2 Å². The van der Waals surface area contributed by atoms with Crippen molar-refractivity contribution in [1.29, 1.82) is 0 Å². The summed E-state index contributed by atoms with van der Waals surface area (Å²) >= 11 is 0. The van der Waals surface area contributed by atoms with Gasteiger partial charge in [0.05, 0.1) is 19.0 Å². The minimum atomic E-state index is -1.59. The number of guanidine groups is 1. The lowest BCUT2D eigenvalue weighted by Gasteiger charge is -2.21. The molecule has 0 radical (unpaired) electrons. The second kappa shape index (κ2) is 14.2. The molecule has 38 heavy (non-hydrogen) atoms. The van der Waals surface area contributed by atoms with E-state index in [-0.39, 0.29) is 25.3 Å². The molecule has 1 heterocycles. The first-order valence-electron chi connectivity index (χ1n) is 11.7. The quantitative estimate of drug-likeness (QED) is 0.0674. The number of aromatic amines is 1. The van der Waals surface area contributed by atoms with Crippen molar-refractivity contribution in [3.05, 3.63) is 36.0 Å². The Balaban J connectivity index is 1.95. The van der Waals surface area contributed by atoms with E-state index in [1.54, 1.807) is 18.3 Å². The normalized spacial score (nSPS) is 13.1. The molecule has 0 aliphatic carbocycles. The van der Waals surface area contributed by atoms with Gasteiger partial charge in [0.25, 0.3) is 0 Å². The summed E-state index contributed by atoms with van der Waals surface area (Å²) in [6.45, 7) is -0.311. The number of aliphatic imine (C=N–C) groups is 1. The van der Waals surface area contributed by atoms with Gasteiger partial charge >= 0.3 is 11.9 Å². The van der Waals surface area contributed by atoms with Gasteiger partial charge in [-0.05, 0) is 24.5 Å². The number of carbonyl (C=O) groups is 5. The van der Waals surface area contributed by atoms with Crippen molar-refractivity contribution in [3.8, 4) is 0 Å². The largest absolute Gasteiger partial charge is 0.481 e. The number of hydrogen-bond acceptors (Lipinski definition) is 7. The number of amides is 3. The van der Waals surface area contributed by atoms with Crippen LogP contribution in [0.25, 0.3) is 10.9 Å². The third-order valence-corrected chi connectivity index (χ3v) is 5.47. The monoisotopic (exact) mass is 532 g/mol. The van der Waals surface area contributed by atoms with Crippen molar-refractivity contribution in [2.75, 3.05) is 13.1 Å². The second-order valence-corrected chi connectivity index (χ2v) is 8.45. The van der Waals surface area contributed by atoms with Crippen LogP contribution in [0.4, 0.5) is 0 Å². The smallest absolute Gasteiger partial charge is 0.326 e. The molecule has 1 aromatic heterocycles. The van der Waals surface area contributed by atoms with Crippen molar-refractivity contribution in [3.63, 3.8) is 0 Å². The molecule has 3 atom stereocenters. The van der Waals surface area contributed by atoms with Crippen LogP contribution in [-0.2, 0) is 30.4 Å². The lowest BCUT2D eigenvalue weighted by atomic mass is 10.0. The maximum absolute atomic E-state index is 12.8. The van der Waals surface area contributed by atoms with Crippen LogP contribution < -0.4 is 33.2 Å². The van der Waals surface area contributed by atoms with Gasteiger partial charge in [-0.1, -0.05) is 18.2 Å². The summed E-state index contributed by atoms with van der Waals surface area (Å²) < 4.78 is 0. The molecule has 1 aromatic carbocycles. The molecule has 12 N–H and O–H groups in total. The van der Waals surface area contributed by atoms with Gasteiger partial charge in [-0.3, -0.25) is 24.2 Å². The predicted molar refractivity (Wildman–Crippen MR) is 137 cm³/mol. The maximum atomic E-state index is 12.8. The Morgan fingerprint density at radius 2 is 1.71 bits per heavy atom. The average molecular weight is 533 g/mol. The first-order chi connectivity index (χ1) is 18.0. The minimum absolute atomic E-state index is 0.0873. The zero-order chi connectivity index (χ0) is 28.2. The number of nitrogens with one attached hydrogen (secondary N) is 4. The fraction of sp³-hybridized carbons (Fsp3) is 0.391. The predicted octanol–water partition coefficient (Wildman–Crippen LogP) is -2.26. The second-order valence-electron chi connectivity index (χ2n) is 8.45. The number of aliphatic carboxylic acids is 2. The number of benzene rings is 1. The Hall–Kier alpha value is -4.66. The van der Waals surface area contributed by atoms with E-state index in [0.717, 1.165) is 10.9 Å². The Bertz CT molecular complexity index is 1190. The fourth-order valence-corrected chi connectivity index (χ4v) is 3.57. The molecule has 2 rings (SSSR count). The third kappa shape index (κ3) is 9.42. The van der Waals surface area contributed by atoms with Crippen molar-refractivity contribution < 1.29 is 34.2 Å². The number of para-hydroxylation sites is 1. The summed E-state index contributed by atoms with van der Waals surface area (Å²) in [5.74, 6) is -5.35. The molecule has 0 aliphatic rings. The summed E-state index contributed by atoms with van der Waals surface area (Å²) in [4.78, 5) is 67.1. The van der Waals surface area contributed by atoms with Gasteiger partial charge in [-0.2, -0.15) is 0 Å². The molecule has 15 heteroatoms. The number of carboxylic acids is 2. The zero-order valence-electron chi connectivity index (χ0n) is 20.5. The minimum Gasteiger partial charge on any atom is -0.481 e. The van der Waals surface area contributed by atoms with Crippen LogP contribution in [0.15, 0.2) is 35.5 Å². The Morgan fingerprint density at radius 1 is 1.00 bits per heavy atom. The molecule has 15 nitrogen and oxygen atoms in total. The summed E-state index contributed by atoms with van der Waals surface area (Å²) in [5, 5.41) is 26.4. The standard InChI is InChI=1S/C23H32N8O7/c24-14(5-3-7-27-23(25)26)20(35)29-11-18(32)30-16(9-19(33)34)21(36)31-17(22(37)38)8-12-10-28-15-6-2-1-4-13(12)15/h1-2,4,6,10,14,16-17,28H,3,5,7-9,11,24H2,(H,29,35)(H,30,32)(H,31,36)(H,33,34)(H,37,38)(H4,25,26,27)/t14-,16+,17+/m0/s1. The van der Waals surface area contributed by atoms with Gasteiger partial charge in [0.2, 0.25) is 17.7 Å². The molecule has 0 unspecified atom stereocenters. The van der Waals surface area contributed by atoms with Crippen molar-refractivity contribution in [2.45, 2.75) is 43.8 Å². The van der Waals surface area contributed by atoms with Gasteiger partial charge in [0, 0.05) is 30.1 Å². The summed E-state index contributed by atoms with van der Waals surface area (Å²) in [7, 11) is 0. The van der Waals surface area contributed by atoms with Crippen molar-refractivity contribution in [1.82, 2.24) is 20.9 Å². The number of H-pyrrole nitrogens is 1. The van der Waals surface area contributed by atoms with Gasteiger partial charge in [-0.15, -0.1) is 0 Å². The van der Waals surface area contributed by atoms with Crippen LogP contribution in [0, 0.1) is 0 Å². The van der Waals surface area contributed by atoms with E-state index >= 15 is 0 Å². The molecule has 0 fully saturated rings. The third-order valence-electron chi connectivity index (χ3n) is 5.47. The lowest BCUT2D eigenvalue weighted by molar-refractivity contribution is -0.143. The molecule has 0 saturated heterocycles.